The summed E-state index contributed by atoms with van der Waals surface area (Å²) in [4.78, 5) is 23.0. The van der Waals surface area contributed by atoms with E-state index in [1.807, 2.05) is 24.3 Å². The second-order valence-electron chi connectivity index (χ2n) is 4.93. The van der Waals surface area contributed by atoms with Gasteiger partial charge in [0.2, 0.25) is 0 Å². The summed E-state index contributed by atoms with van der Waals surface area (Å²) < 4.78 is 14.9. The number of rotatable bonds is 6. The lowest BCUT2D eigenvalue weighted by Crippen LogP contribution is -2.05. The van der Waals surface area contributed by atoms with Gasteiger partial charge in [-0.1, -0.05) is 24.3 Å². The van der Waals surface area contributed by atoms with Crippen molar-refractivity contribution in [1.29, 1.82) is 0 Å². The molecule has 2 aromatic carbocycles. The fraction of sp³-hybridized carbons (Fsp3) is 0.158. The summed E-state index contributed by atoms with van der Waals surface area (Å²) >= 11 is 0. The van der Waals surface area contributed by atoms with Crippen LogP contribution in [0.1, 0.15) is 11.1 Å². The molecule has 0 aromatic heterocycles. The molecule has 0 aliphatic carbocycles. The molecule has 0 N–H and O–H groups in total. The minimum atomic E-state index is -0.487. The zero-order valence-electron chi connectivity index (χ0n) is 13.5. The number of benzene rings is 2. The van der Waals surface area contributed by atoms with E-state index in [0.29, 0.717) is 11.5 Å². The van der Waals surface area contributed by atoms with Crippen molar-refractivity contribution in [1.82, 2.24) is 0 Å². The summed E-state index contributed by atoms with van der Waals surface area (Å²) in [6.45, 7) is 0. The van der Waals surface area contributed by atoms with Gasteiger partial charge in [0.15, 0.2) is 0 Å². The standard InChI is InChI=1S/C19H18O5/c1-22-17-5-3-4-14(12-17)8-11-18(20)24-16-9-6-15(7-10-16)13-19(21)23-2/h3-12H,13H2,1-2H3/b11-8+. The number of hydrogen-bond donors (Lipinski definition) is 0. The Labute approximate surface area is 140 Å². The number of hydrogen-bond acceptors (Lipinski definition) is 5. The molecule has 0 saturated heterocycles. The third kappa shape index (κ3) is 5.28. The molecule has 24 heavy (non-hydrogen) atoms. The number of carbonyl (C=O) groups excluding carboxylic acids is 2. The average molecular weight is 326 g/mol. The SMILES string of the molecule is COC(=O)Cc1ccc(OC(=O)/C=C/c2cccc(OC)c2)cc1. The van der Waals surface area contributed by atoms with Gasteiger partial charge in [-0.05, 0) is 41.5 Å². The van der Waals surface area contributed by atoms with Crippen LogP contribution < -0.4 is 9.47 Å². The quantitative estimate of drug-likeness (QED) is 0.464. The van der Waals surface area contributed by atoms with E-state index in [2.05, 4.69) is 4.74 Å². The normalized spacial score (nSPS) is 10.4. The molecular weight excluding hydrogens is 308 g/mol. The number of methoxy groups -OCH3 is 2. The number of carbonyl (C=O) groups is 2. The van der Waals surface area contributed by atoms with Crippen molar-refractivity contribution in [2.75, 3.05) is 14.2 Å². The first-order chi connectivity index (χ1) is 11.6. The van der Waals surface area contributed by atoms with Gasteiger partial charge < -0.3 is 14.2 Å². The first-order valence-electron chi connectivity index (χ1n) is 7.30. The van der Waals surface area contributed by atoms with Gasteiger partial charge in [0, 0.05) is 6.08 Å². The van der Waals surface area contributed by atoms with E-state index in [-0.39, 0.29) is 12.4 Å². The summed E-state index contributed by atoms with van der Waals surface area (Å²) in [6, 6.07) is 14.0. The summed E-state index contributed by atoms with van der Waals surface area (Å²) in [5, 5.41) is 0. The third-order valence-corrected chi connectivity index (χ3v) is 3.22. The highest BCUT2D eigenvalue weighted by Crippen LogP contribution is 2.15. The Balaban J connectivity index is 1.94. The maximum atomic E-state index is 11.8. The Bertz CT molecular complexity index is 732. The Morgan fingerprint density at radius 1 is 1.00 bits per heavy atom. The van der Waals surface area contributed by atoms with E-state index in [4.69, 9.17) is 9.47 Å². The highest BCUT2D eigenvalue weighted by atomic mass is 16.5. The summed E-state index contributed by atoms with van der Waals surface area (Å²) in [7, 11) is 2.92. The maximum Gasteiger partial charge on any atom is 0.336 e. The molecule has 5 nitrogen and oxygen atoms in total. The van der Waals surface area contributed by atoms with Crippen LogP contribution in [0, 0.1) is 0 Å². The van der Waals surface area contributed by atoms with Crippen molar-refractivity contribution >= 4 is 18.0 Å². The van der Waals surface area contributed by atoms with Crippen LogP contribution >= 0.6 is 0 Å². The molecule has 0 unspecified atom stereocenters. The van der Waals surface area contributed by atoms with Crippen LogP contribution in [0.15, 0.2) is 54.6 Å². The van der Waals surface area contributed by atoms with Crippen molar-refractivity contribution in [3.63, 3.8) is 0 Å². The predicted molar refractivity (Wildman–Crippen MR) is 89.8 cm³/mol. The van der Waals surface area contributed by atoms with Crippen molar-refractivity contribution in [2.45, 2.75) is 6.42 Å². The molecule has 0 fully saturated rings. The molecule has 0 aliphatic rings. The zero-order chi connectivity index (χ0) is 17.4. The van der Waals surface area contributed by atoms with E-state index in [1.54, 1.807) is 37.5 Å². The fourth-order valence-electron chi connectivity index (χ4n) is 1.97. The monoisotopic (exact) mass is 326 g/mol. The highest BCUT2D eigenvalue weighted by Gasteiger charge is 2.04. The Hall–Kier alpha value is -3.08. The van der Waals surface area contributed by atoms with Gasteiger partial charge in [-0.3, -0.25) is 4.79 Å². The van der Waals surface area contributed by atoms with Crippen molar-refractivity contribution < 1.29 is 23.8 Å². The van der Waals surface area contributed by atoms with E-state index in [9.17, 15) is 9.59 Å². The van der Waals surface area contributed by atoms with Gasteiger partial charge in [0.1, 0.15) is 11.5 Å². The van der Waals surface area contributed by atoms with E-state index < -0.39 is 5.97 Å². The van der Waals surface area contributed by atoms with Crippen LogP contribution in [0.2, 0.25) is 0 Å². The predicted octanol–water partition coefficient (Wildman–Crippen LogP) is 3.03. The zero-order valence-corrected chi connectivity index (χ0v) is 13.5. The Kier molecular flexibility index (Phi) is 6.14. The lowest BCUT2D eigenvalue weighted by molar-refractivity contribution is -0.139. The molecule has 0 amide bonds. The van der Waals surface area contributed by atoms with Crippen LogP contribution in [0.25, 0.3) is 6.08 Å². The maximum absolute atomic E-state index is 11.8. The molecule has 0 bridgehead atoms. The summed E-state index contributed by atoms with van der Waals surface area (Å²) in [5.41, 5.74) is 1.62. The lowest BCUT2D eigenvalue weighted by atomic mass is 10.1. The molecule has 2 aromatic rings. The highest BCUT2D eigenvalue weighted by molar-refractivity contribution is 5.88. The number of ether oxygens (including phenoxy) is 3. The average Bonchev–Trinajstić information content (AvgIpc) is 2.61. The summed E-state index contributed by atoms with van der Waals surface area (Å²) in [5.74, 6) is 0.315. The van der Waals surface area contributed by atoms with Crippen LogP contribution in [-0.2, 0) is 20.7 Å². The molecule has 124 valence electrons. The van der Waals surface area contributed by atoms with Gasteiger partial charge in [-0.2, -0.15) is 0 Å². The summed E-state index contributed by atoms with van der Waals surface area (Å²) in [6.07, 6.45) is 3.17. The van der Waals surface area contributed by atoms with Crippen LogP contribution in [-0.4, -0.2) is 26.2 Å². The van der Waals surface area contributed by atoms with Crippen LogP contribution in [0.3, 0.4) is 0 Å². The fourth-order valence-corrected chi connectivity index (χ4v) is 1.97. The minimum absolute atomic E-state index is 0.181. The largest absolute Gasteiger partial charge is 0.497 e. The van der Waals surface area contributed by atoms with Gasteiger partial charge in [-0.25, -0.2) is 4.79 Å². The smallest absolute Gasteiger partial charge is 0.336 e. The van der Waals surface area contributed by atoms with Crippen molar-refractivity contribution in [3.8, 4) is 11.5 Å². The van der Waals surface area contributed by atoms with E-state index in [0.717, 1.165) is 11.1 Å². The second-order valence-corrected chi connectivity index (χ2v) is 4.93. The van der Waals surface area contributed by atoms with Crippen LogP contribution in [0.5, 0.6) is 11.5 Å². The first kappa shape index (κ1) is 17.3. The van der Waals surface area contributed by atoms with E-state index in [1.165, 1.54) is 13.2 Å². The van der Waals surface area contributed by atoms with Gasteiger partial charge in [-0.15, -0.1) is 0 Å². The minimum Gasteiger partial charge on any atom is -0.497 e. The lowest BCUT2D eigenvalue weighted by Gasteiger charge is -2.04. The molecule has 0 radical (unpaired) electrons. The Morgan fingerprint density at radius 2 is 1.75 bits per heavy atom. The van der Waals surface area contributed by atoms with Gasteiger partial charge >= 0.3 is 11.9 Å². The first-order valence-corrected chi connectivity index (χ1v) is 7.30. The molecule has 0 saturated carbocycles. The molecule has 0 spiro atoms. The third-order valence-electron chi connectivity index (χ3n) is 3.22. The van der Waals surface area contributed by atoms with Crippen molar-refractivity contribution in [3.05, 3.63) is 65.7 Å². The van der Waals surface area contributed by atoms with Crippen molar-refractivity contribution in [2.24, 2.45) is 0 Å². The van der Waals surface area contributed by atoms with Crippen LogP contribution in [0.4, 0.5) is 0 Å². The molecule has 2 rings (SSSR count). The Morgan fingerprint density at radius 3 is 2.42 bits per heavy atom. The van der Waals surface area contributed by atoms with E-state index >= 15 is 0 Å². The molecule has 0 heterocycles. The second kappa shape index (κ2) is 8.53. The molecule has 0 atom stereocenters. The van der Waals surface area contributed by atoms with Gasteiger partial charge in [0.25, 0.3) is 0 Å². The topological polar surface area (TPSA) is 61.8 Å². The molecular formula is C19H18O5. The molecule has 5 heteroatoms. The van der Waals surface area contributed by atoms with Gasteiger partial charge in [0.05, 0.1) is 20.6 Å². The molecule has 0 aliphatic heterocycles. The number of esters is 2.